The molecule has 0 saturated carbocycles. The van der Waals surface area contributed by atoms with Crippen LogP contribution in [-0.4, -0.2) is 25.5 Å². The molecule has 0 bridgehead atoms. The van der Waals surface area contributed by atoms with Crippen molar-refractivity contribution in [1.82, 2.24) is 0 Å². The van der Waals surface area contributed by atoms with Gasteiger partial charge in [0.1, 0.15) is 5.82 Å². The van der Waals surface area contributed by atoms with Crippen molar-refractivity contribution in [2.24, 2.45) is 5.73 Å². The molecule has 0 spiro atoms. The van der Waals surface area contributed by atoms with E-state index in [-0.39, 0.29) is 17.1 Å². The Kier molecular flexibility index (Phi) is 7.32. The van der Waals surface area contributed by atoms with Crippen LogP contribution < -0.4 is 5.73 Å². The second-order valence-corrected chi connectivity index (χ2v) is 5.48. The van der Waals surface area contributed by atoms with Crippen molar-refractivity contribution < 1.29 is 9.13 Å². The van der Waals surface area contributed by atoms with Gasteiger partial charge in [-0.1, -0.05) is 25.1 Å². The number of thioether (sulfide) groups is 1. The van der Waals surface area contributed by atoms with Crippen molar-refractivity contribution in [3.63, 3.8) is 0 Å². The Morgan fingerprint density at radius 3 is 2.72 bits per heavy atom. The topological polar surface area (TPSA) is 35.2 Å². The van der Waals surface area contributed by atoms with Gasteiger partial charge in [-0.2, -0.15) is 11.8 Å². The number of rotatable bonds is 8. The molecule has 1 aromatic carbocycles. The molecule has 18 heavy (non-hydrogen) atoms. The second-order valence-electron chi connectivity index (χ2n) is 4.23. The van der Waals surface area contributed by atoms with Gasteiger partial charge in [0.2, 0.25) is 0 Å². The van der Waals surface area contributed by atoms with Gasteiger partial charge in [0.15, 0.2) is 0 Å². The van der Waals surface area contributed by atoms with E-state index in [1.807, 2.05) is 19.1 Å². The summed E-state index contributed by atoms with van der Waals surface area (Å²) in [6, 6.07) is 6.89. The Balaban J connectivity index is 2.69. The summed E-state index contributed by atoms with van der Waals surface area (Å²) in [6.07, 6.45) is 1.80. The van der Waals surface area contributed by atoms with Crippen LogP contribution in [0.1, 0.15) is 30.6 Å². The van der Waals surface area contributed by atoms with Crippen LogP contribution in [0.3, 0.4) is 0 Å². The van der Waals surface area contributed by atoms with E-state index >= 15 is 0 Å². The average molecular weight is 271 g/mol. The molecule has 2 nitrogen and oxygen atoms in total. The maximum Gasteiger partial charge on any atom is 0.127 e. The smallest absolute Gasteiger partial charge is 0.127 e. The van der Waals surface area contributed by atoms with Gasteiger partial charge in [-0.05, 0) is 24.7 Å². The van der Waals surface area contributed by atoms with Gasteiger partial charge in [0.05, 0.1) is 0 Å². The van der Waals surface area contributed by atoms with Crippen LogP contribution >= 0.6 is 11.8 Å². The number of methoxy groups -OCH3 is 1. The van der Waals surface area contributed by atoms with Crippen molar-refractivity contribution in [2.45, 2.75) is 31.1 Å². The summed E-state index contributed by atoms with van der Waals surface area (Å²) in [4.78, 5) is 0. The predicted molar refractivity (Wildman–Crippen MR) is 76.4 cm³/mol. The van der Waals surface area contributed by atoms with Gasteiger partial charge in [-0.25, -0.2) is 4.39 Å². The number of ether oxygens (including phenoxy) is 1. The molecule has 1 aromatic rings. The highest BCUT2D eigenvalue weighted by Gasteiger charge is 2.21. The summed E-state index contributed by atoms with van der Waals surface area (Å²) in [5.41, 5.74) is 6.83. The summed E-state index contributed by atoms with van der Waals surface area (Å²) < 4.78 is 18.8. The summed E-state index contributed by atoms with van der Waals surface area (Å²) >= 11 is 1.72. The molecule has 4 heteroatoms. The zero-order chi connectivity index (χ0) is 13.4. The highest BCUT2D eigenvalue weighted by atomic mass is 32.2. The molecule has 0 amide bonds. The van der Waals surface area contributed by atoms with Crippen LogP contribution in [0.15, 0.2) is 24.3 Å². The second kappa shape index (κ2) is 8.51. The van der Waals surface area contributed by atoms with Crippen LogP contribution in [0.5, 0.6) is 0 Å². The molecule has 0 fully saturated rings. The lowest BCUT2D eigenvalue weighted by atomic mass is 10.0. The van der Waals surface area contributed by atoms with Gasteiger partial charge in [0, 0.05) is 30.6 Å². The van der Waals surface area contributed by atoms with Gasteiger partial charge in [-0.15, -0.1) is 0 Å². The van der Waals surface area contributed by atoms with Gasteiger partial charge in [-0.3, -0.25) is 0 Å². The molecule has 0 aliphatic heterocycles. The molecule has 102 valence electrons. The Bertz CT molecular complexity index is 348. The molecule has 1 rings (SSSR count). The Morgan fingerprint density at radius 1 is 1.39 bits per heavy atom. The molecule has 2 N–H and O–H groups in total. The third-order valence-electron chi connectivity index (χ3n) is 2.86. The zero-order valence-electron chi connectivity index (χ0n) is 11.1. The summed E-state index contributed by atoms with van der Waals surface area (Å²) in [6.45, 7) is 2.77. The Morgan fingerprint density at radius 2 is 2.11 bits per heavy atom. The van der Waals surface area contributed by atoms with E-state index in [0.29, 0.717) is 5.56 Å². The fourth-order valence-corrected chi connectivity index (χ4v) is 3.13. The lowest BCUT2D eigenvalue weighted by molar-refractivity contribution is 0.200. The largest absolute Gasteiger partial charge is 0.385 e. The first kappa shape index (κ1) is 15.5. The molecule has 2 atom stereocenters. The molecule has 0 aliphatic carbocycles. The third-order valence-corrected chi connectivity index (χ3v) is 4.35. The van der Waals surface area contributed by atoms with Gasteiger partial charge in [0.25, 0.3) is 0 Å². The van der Waals surface area contributed by atoms with E-state index in [0.717, 1.165) is 25.2 Å². The van der Waals surface area contributed by atoms with Crippen molar-refractivity contribution >= 4 is 11.8 Å². The standard InChI is InChI=1S/C14H22FNOS/c1-3-13(16)14(18-10-6-9-17-2)11-7-4-5-8-12(11)15/h4-5,7-8,13-14H,3,6,9-10,16H2,1-2H3. The van der Waals surface area contributed by atoms with E-state index in [1.54, 1.807) is 24.9 Å². The fraction of sp³-hybridized carbons (Fsp3) is 0.571. The monoisotopic (exact) mass is 271 g/mol. The first-order valence-electron chi connectivity index (χ1n) is 6.31. The van der Waals surface area contributed by atoms with Gasteiger partial charge >= 0.3 is 0 Å². The van der Waals surface area contributed by atoms with Crippen molar-refractivity contribution in [2.75, 3.05) is 19.5 Å². The summed E-state index contributed by atoms with van der Waals surface area (Å²) in [7, 11) is 1.69. The zero-order valence-corrected chi connectivity index (χ0v) is 11.9. The van der Waals surface area contributed by atoms with E-state index < -0.39 is 0 Å². The first-order valence-corrected chi connectivity index (χ1v) is 7.36. The molecule has 0 radical (unpaired) electrons. The number of benzene rings is 1. The predicted octanol–water partition coefficient (Wildman–Crippen LogP) is 3.37. The van der Waals surface area contributed by atoms with Crippen LogP contribution in [0.25, 0.3) is 0 Å². The number of hydrogen-bond acceptors (Lipinski definition) is 3. The van der Waals surface area contributed by atoms with Crippen LogP contribution in [0, 0.1) is 5.82 Å². The average Bonchev–Trinajstić information content (AvgIpc) is 2.39. The molecule has 2 unspecified atom stereocenters. The Labute approximate surface area is 113 Å². The van der Waals surface area contributed by atoms with E-state index in [1.165, 1.54) is 6.07 Å². The minimum Gasteiger partial charge on any atom is -0.385 e. The molecule has 0 aromatic heterocycles. The number of halogens is 1. The van der Waals surface area contributed by atoms with Gasteiger partial charge < -0.3 is 10.5 Å². The minimum absolute atomic E-state index is 0.0190. The molecule has 0 heterocycles. The number of hydrogen-bond donors (Lipinski definition) is 1. The Hall–Kier alpha value is -0.580. The third kappa shape index (κ3) is 4.59. The highest BCUT2D eigenvalue weighted by Crippen LogP contribution is 2.34. The first-order chi connectivity index (χ1) is 8.70. The maximum atomic E-state index is 13.8. The maximum absolute atomic E-state index is 13.8. The van der Waals surface area contributed by atoms with Crippen molar-refractivity contribution in [3.05, 3.63) is 35.6 Å². The minimum atomic E-state index is -0.161. The SMILES string of the molecule is CCC(N)C(SCCCOC)c1ccccc1F. The van der Waals surface area contributed by atoms with E-state index in [2.05, 4.69) is 0 Å². The van der Waals surface area contributed by atoms with E-state index in [4.69, 9.17) is 10.5 Å². The lowest BCUT2D eigenvalue weighted by Gasteiger charge is -2.23. The van der Waals surface area contributed by atoms with Crippen molar-refractivity contribution in [1.29, 1.82) is 0 Å². The molecule has 0 saturated heterocycles. The van der Waals surface area contributed by atoms with Crippen LogP contribution in [-0.2, 0) is 4.74 Å². The van der Waals surface area contributed by atoms with Crippen molar-refractivity contribution in [3.8, 4) is 0 Å². The fourth-order valence-electron chi connectivity index (χ4n) is 1.78. The van der Waals surface area contributed by atoms with Crippen LogP contribution in [0.4, 0.5) is 4.39 Å². The molecular formula is C14H22FNOS. The van der Waals surface area contributed by atoms with Crippen LogP contribution in [0.2, 0.25) is 0 Å². The normalized spacial score (nSPS) is 14.4. The quantitative estimate of drug-likeness (QED) is 0.736. The summed E-state index contributed by atoms with van der Waals surface area (Å²) in [5, 5.41) is 0.0213. The lowest BCUT2D eigenvalue weighted by Crippen LogP contribution is -2.26. The highest BCUT2D eigenvalue weighted by molar-refractivity contribution is 7.99. The summed E-state index contributed by atoms with van der Waals surface area (Å²) in [5.74, 6) is 0.770. The molecular weight excluding hydrogens is 249 g/mol. The van der Waals surface area contributed by atoms with E-state index in [9.17, 15) is 4.39 Å². The number of nitrogens with two attached hydrogens (primary N) is 1. The molecule has 0 aliphatic rings.